The van der Waals surface area contributed by atoms with E-state index in [4.69, 9.17) is 0 Å². The summed E-state index contributed by atoms with van der Waals surface area (Å²) in [7, 11) is 0. The molecule has 0 atom stereocenters. The molecule has 4 aliphatic rings. The van der Waals surface area contributed by atoms with E-state index in [0.29, 0.717) is 24.3 Å². The molecule has 0 amide bonds. The molecule has 0 unspecified atom stereocenters. The quantitative estimate of drug-likeness (QED) is 0.920. The largest absolute Gasteiger partial charge is 0.476 e. The number of nitrogens with zero attached hydrogens (tertiary/aromatic N) is 3. The van der Waals surface area contributed by atoms with Crippen LogP contribution >= 0.6 is 0 Å². The van der Waals surface area contributed by atoms with Crippen LogP contribution in [-0.4, -0.2) is 26.1 Å². The number of aromatic nitrogens is 3. The summed E-state index contributed by atoms with van der Waals surface area (Å²) in [5, 5.41) is 17.4. The summed E-state index contributed by atoms with van der Waals surface area (Å²) in [6.45, 7) is 2.72. The lowest BCUT2D eigenvalue weighted by Crippen LogP contribution is -2.44. The van der Waals surface area contributed by atoms with Crippen molar-refractivity contribution in [2.24, 2.45) is 23.7 Å². The normalized spacial score (nSPS) is 38.4. The van der Waals surface area contributed by atoms with Gasteiger partial charge >= 0.3 is 5.97 Å². The van der Waals surface area contributed by atoms with Gasteiger partial charge in [0.05, 0.1) is 5.69 Å². The summed E-state index contributed by atoms with van der Waals surface area (Å²) in [4.78, 5) is 11.5. The number of carboxylic acid groups (broad SMARTS) is 1. The first-order valence-electron chi connectivity index (χ1n) is 7.84. The Morgan fingerprint density at radius 3 is 2.30 bits per heavy atom. The van der Waals surface area contributed by atoms with Crippen molar-refractivity contribution in [2.45, 2.75) is 51.5 Å². The summed E-state index contributed by atoms with van der Waals surface area (Å²) in [5.74, 6) is 2.57. The highest BCUT2D eigenvalue weighted by molar-refractivity contribution is 5.86. The minimum absolute atomic E-state index is 0.198. The zero-order chi connectivity index (χ0) is 13.9. The maximum Gasteiger partial charge on any atom is 0.358 e. The minimum atomic E-state index is -0.923. The molecule has 1 heterocycles. The molecule has 0 radical (unpaired) electrons. The SMILES string of the molecule is CCn1nnc(C(=O)O)c1C1C2CC3CC(C2)CC1C3. The number of aryl methyl sites for hydroxylation is 1. The Balaban J connectivity index is 1.77. The molecule has 5 rings (SSSR count). The standard InChI is InChI=1S/C15H21N3O2/c1-2-18-14(13(15(19)20)16-17-18)12-10-4-8-3-9(6-10)7-11(12)5-8/h8-12H,2-7H2,1H3,(H,19,20). The molecule has 4 fully saturated rings. The number of aromatic carboxylic acids is 1. The minimum Gasteiger partial charge on any atom is -0.476 e. The van der Waals surface area contributed by atoms with Crippen molar-refractivity contribution >= 4 is 5.97 Å². The third-order valence-electron chi connectivity index (χ3n) is 5.82. The maximum absolute atomic E-state index is 11.5. The van der Waals surface area contributed by atoms with Crippen LogP contribution in [0.5, 0.6) is 0 Å². The van der Waals surface area contributed by atoms with Gasteiger partial charge in [-0.25, -0.2) is 9.48 Å². The molecule has 0 saturated heterocycles. The second kappa shape index (κ2) is 4.30. The van der Waals surface area contributed by atoms with E-state index in [2.05, 4.69) is 10.3 Å². The highest BCUT2D eigenvalue weighted by Gasteiger charge is 2.50. The molecule has 0 aliphatic heterocycles. The van der Waals surface area contributed by atoms with Gasteiger partial charge in [-0.3, -0.25) is 0 Å². The molecular formula is C15H21N3O2. The monoisotopic (exact) mass is 275 g/mol. The summed E-state index contributed by atoms with van der Waals surface area (Å²) in [6.07, 6.45) is 6.55. The number of hydrogen-bond acceptors (Lipinski definition) is 3. The van der Waals surface area contributed by atoms with Gasteiger partial charge in [-0.2, -0.15) is 0 Å². The van der Waals surface area contributed by atoms with Crippen LogP contribution in [0, 0.1) is 23.7 Å². The highest BCUT2D eigenvalue weighted by atomic mass is 16.4. The van der Waals surface area contributed by atoms with Gasteiger partial charge in [0.15, 0.2) is 5.69 Å². The molecule has 1 aromatic heterocycles. The fourth-order valence-corrected chi connectivity index (χ4v) is 5.41. The molecule has 0 spiro atoms. The Labute approximate surface area is 118 Å². The summed E-state index contributed by atoms with van der Waals surface area (Å²) < 4.78 is 1.83. The lowest BCUT2D eigenvalue weighted by molar-refractivity contribution is -0.00597. The van der Waals surface area contributed by atoms with Crippen molar-refractivity contribution in [3.05, 3.63) is 11.4 Å². The van der Waals surface area contributed by atoms with Crippen LogP contribution in [0.4, 0.5) is 0 Å². The van der Waals surface area contributed by atoms with Crippen molar-refractivity contribution in [1.82, 2.24) is 15.0 Å². The van der Waals surface area contributed by atoms with Crippen molar-refractivity contribution in [3.8, 4) is 0 Å². The van der Waals surface area contributed by atoms with Crippen molar-refractivity contribution in [3.63, 3.8) is 0 Å². The van der Waals surface area contributed by atoms with Gasteiger partial charge in [0.1, 0.15) is 0 Å². The third kappa shape index (κ3) is 1.64. The number of rotatable bonds is 3. The van der Waals surface area contributed by atoms with Crippen LogP contribution in [0.3, 0.4) is 0 Å². The molecule has 4 aliphatic carbocycles. The van der Waals surface area contributed by atoms with Crippen LogP contribution in [0.2, 0.25) is 0 Å². The molecule has 5 nitrogen and oxygen atoms in total. The van der Waals surface area contributed by atoms with Gasteiger partial charge in [0.25, 0.3) is 0 Å². The van der Waals surface area contributed by atoms with E-state index in [-0.39, 0.29) is 5.69 Å². The molecule has 0 aromatic carbocycles. The Bertz CT molecular complexity index is 523. The average molecular weight is 275 g/mol. The second-order valence-corrected chi connectivity index (χ2v) is 6.90. The van der Waals surface area contributed by atoms with Crippen LogP contribution in [-0.2, 0) is 6.54 Å². The molecular weight excluding hydrogens is 254 g/mol. The van der Waals surface area contributed by atoms with E-state index in [1.807, 2.05) is 11.6 Å². The van der Waals surface area contributed by atoms with Gasteiger partial charge in [-0.05, 0) is 62.7 Å². The van der Waals surface area contributed by atoms with E-state index in [1.165, 1.54) is 32.1 Å². The van der Waals surface area contributed by atoms with Gasteiger partial charge in [-0.15, -0.1) is 5.10 Å². The van der Waals surface area contributed by atoms with Crippen LogP contribution in [0.1, 0.15) is 61.1 Å². The average Bonchev–Trinajstić information content (AvgIpc) is 2.81. The molecule has 1 N–H and O–H groups in total. The Morgan fingerprint density at radius 2 is 1.80 bits per heavy atom. The summed E-state index contributed by atoms with van der Waals surface area (Å²) in [6, 6.07) is 0. The van der Waals surface area contributed by atoms with Gasteiger partial charge in [0.2, 0.25) is 0 Å². The molecule has 1 aromatic rings. The zero-order valence-corrected chi connectivity index (χ0v) is 11.8. The lowest BCUT2D eigenvalue weighted by Gasteiger charge is -2.54. The second-order valence-electron chi connectivity index (χ2n) is 6.90. The van der Waals surface area contributed by atoms with Gasteiger partial charge in [0, 0.05) is 12.5 Å². The zero-order valence-electron chi connectivity index (χ0n) is 11.8. The lowest BCUT2D eigenvalue weighted by atomic mass is 9.51. The van der Waals surface area contributed by atoms with E-state index in [1.54, 1.807) is 0 Å². The first-order valence-corrected chi connectivity index (χ1v) is 7.84. The highest BCUT2D eigenvalue weighted by Crippen LogP contribution is 2.59. The number of hydrogen-bond donors (Lipinski definition) is 1. The Hall–Kier alpha value is -1.39. The van der Waals surface area contributed by atoms with E-state index in [9.17, 15) is 9.90 Å². The molecule has 4 bridgehead atoms. The van der Waals surface area contributed by atoms with Crippen molar-refractivity contribution < 1.29 is 9.90 Å². The fourth-order valence-electron chi connectivity index (χ4n) is 5.41. The van der Waals surface area contributed by atoms with Crippen molar-refractivity contribution in [1.29, 1.82) is 0 Å². The fraction of sp³-hybridized carbons (Fsp3) is 0.800. The van der Waals surface area contributed by atoms with Crippen LogP contribution in [0.15, 0.2) is 0 Å². The van der Waals surface area contributed by atoms with Crippen molar-refractivity contribution in [2.75, 3.05) is 0 Å². The predicted molar refractivity (Wildman–Crippen MR) is 72.4 cm³/mol. The molecule has 20 heavy (non-hydrogen) atoms. The Morgan fingerprint density at radius 1 is 1.20 bits per heavy atom. The number of carboxylic acids is 1. The topological polar surface area (TPSA) is 68.0 Å². The maximum atomic E-state index is 11.5. The number of carbonyl (C=O) groups is 1. The smallest absolute Gasteiger partial charge is 0.358 e. The molecule has 5 heteroatoms. The van der Waals surface area contributed by atoms with Crippen LogP contribution in [0.25, 0.3) is 0 Å². The van der Waals surface area contributed by atoms with E-state index < -0.39 is 5.97 Å². The molecule has 4 saturated carbocycles. The van der Waals surface area contributed by atoms with Gasteiger partial charge < -0.3 is 5.11 Å². The first-order chi connectivity index (χ1) is 9.67. The third-order valence-corrected chi connectivity index (χ3v) is 5.82. The first kappa shape index (κ1) is 12.4. The van der Waals surface area contributed by atoms with E-state index in [0.717, 1.165) is 17.5 Å². The molecule has 108 valence electrons. The Kier molecular flexibility index (Phi) is 2.66. The van der Waals surface area contributed by atoms with Crippen LogP contribution < -0.4 is 0 Å². The van der Waals surface area contributed by atoms with E-state index >= 15 is 0 Å². The predicted octanol–water partition coefficient (Wildman–Crippen LogP) is 2.54. The van der Waals surface area contributed by atoms with Gasteiger partial charge in [-0.1, -0.05) is 5.21 Å². The summed E-state index contributed by atoms with van der Waals surface area (Å²) >= 11 is 0. The summed E-state index contributed by atoms with van der Waals surface area (Å²) in [5.41, 5.74) is 1.11.